The Morgan fingerprint density at radius 3 is 2.55 bits per heavy atom. The van der Waals surface area contributed by atoms with E-state index in [1.165, 1.54) is 5.01 Å². The third-order valence-corrected chi connectivity index (χ3v) is 5.32. The van der Waals surface area contributed by atoms with E-state index in [4.69, 9.17) is 9.47 Å². The SMILES string of the molecule is CCOc1cc(/C=C2/C(=O)N(c3ccccc3)N=C2C)c(Br)cc1O[C@H](C)CC. The second kappa shape index (κ2) is 9.27. The van der Waals surface area contributed by atoms with Crippen LogP contribution in [-0.2, 0) is 4.79 Å². The van der Waals surface area contributed by atoms with Gasteiger partial charge in [-0.15, -0.1) is 0 Å². The Balaban J connectivity index is 1.96. The Hall–Kier alpha value is -2.60. The lowest BCUT2D eigenvalue weighted by Gasteiger charge is -2.17. The maximum Gasteiger partial charge on any atom is 0.280 e. The van der Waals surface area contributed by atoms with Gasteiger partial charge in [-0.3, -0.25) is 4.79 Å². The van der Waals surface area contributed by atoms with Crippen molar-refractivity contribution >= 4 is 39.3 Å². The fourth-order valence-corrected chi connectivity index (χ4v) is 3.34. The summed E-state index contributed by atoms with van der Waals surface area (Å²) in [4.78, 5) is 13.0. The van der Waals surface area contributed by atoms with Crippen LogP contribution in [0.2, 0.25) is 0 Å². The number of rotatable bonds is 7. The van der Waals surface area contributed by atoms with E-state index >= 15 is 0 Å². The summed E-state index contributed by atoms with van der Waals surface area (Å²) >= 11 is 3.61. The van der Waals surface area contributed by atoms with Gasteiger partial charge in [-0.05, 0) is 63.1 Å². The normalized spacial score (nSPS) is 16.2. The van der Waals surface area contributed by atoms with Gasteiger partial charge in [0, 0.05) is 4.47 Å². The number of hydrogen-bond acceptors (Lipinski definition) is 4. The molecule has 0 aliphatic carbocycles. The van der Waals surface area contributed by atoms with Crippen molar-refractivity contribution in [2.75, 3.05) is 11.6 Å². The molecule has 0 N–H and O–H groups in total. The molecule has 3 rings (SSSR count). The molecule has 2 aromatic carbocycles. The second-order valence-corrected chi connectivity index (χ2v) is 7.64. The Labute approximate surface area is 180 Å². The lowest BCUT2D eigenvalue weighted by atomic mass is 10.1. The van der Waals surface area contributed by atoms with Crippen molar-refractivity contribution in [3.8, 4) is 11.5 Å². The molecular weight excluding hydrogens is 432 g/mol. The highest BCUT2D eigenvalue weighted by molar-refractivity contribution is 9.10. The number of anilines is 1. The molecule has 29 heavy (non-hydrogen) atoms. The van der Waals surface area contributed by atoms with Crippen LogP contribution in [0.15, 0.2) is 57.6 Å². The summed E-state index contributed by atoms with van der Waals surface area (Å²) in [5.41, 5.74) is 2.79. The minimum absolute atomic E-state index is 0.0792. The molecule has 1 atom stereocenters. The van der Waals surface area contributed by atoms with Crippen molar-refractivity contribution in [2.45, 2.75) is 40.2 Å². The van der Waals surface area contributed by atoms with Crippen molar-refractivity contribution in [1.82, 2.24) is 0 Å². The molecule has 1 aliphatic rings. The molecule has 0 bridgehead atoms. The zero-order valence-corrected chi connectivity index (χ0v) is 18.7. The Kier molecular flexibility index (Phi) is 6.75. The highest BCUT2D eigenvalue weighted by atomic mass is 79.9. The van der Waals surface area contributed by atoms with Crippen LogP contribution in [-0.4, -0.2) is 24.3 Å². The van der Waals surface area contributed by atoms with E-state index in [-0.39, 0.29) is 12.0 Å². The van der Waals surface area contributed by atoms with Crippen molar-refractivity contribution < 1.29 is 14.3 Å². The van der Waals surface area contributed by atoms with Crippen LogP contribution in [0, 0.1) is 0 Å². The van der Waals surface area contributed by atoms with Crippen molar-refractivity contribution in [3.05, 3.63) is 58.1 Å². The van der Waals surface area contributed by atoms with Gasteiger partial charge >= 0.3 is 0 Å². The highest BCUT2D eigenvalue weighted by Crippen LogP contribution is 2.36. The molecule has 0 saturated carbocycles. The first kappa shape index (κ1) is 21.1. The molecular formula is C23H25BrN2O3. The number of halogens is 1. The molecule has 1 amide bonds. The van der Waals surface area contributed by atoms with Crippen molar-refractivity contribution in [3.63, 3.8) is 0 Å². The number of nitrogens with zero attached hydrogens (tertiary/aromatic N) is 2. The van der Waals surface area contributed by atoms with Crippen LogP contribution in [0.3, 0.4) is 0 Å². The average molecular weight is 457 g/mol. The summed E-state index contributed by atoms with van der Waals surface area (Å²) in [7, 11) is 0. The molecule has 1 aliphatic heterocycles. The Morgan fingerprint density at radius 2 is 1.90 bits per heavy atom. The monoisotopic (exact) mass is 456 g/mol. The smallest absolute Gasteiger partial charge is 0.280 e. The summed E-state index contributed by atoms with van der Waals surface area (Å²) in [5.74, 6) is 1.19. The molecule has 0 saturated heterocycles. The number of benzene rings is 2. The number of para-hydroxylation sites is 1. The maximum atomic E-state index is 13.0. The summed E-state index contributed by atoms with van der Waals surface area (Å²) in [5, 5.41) is 5.86. The number of carbonyl (C=O) groups is 1. The summed E-state index contributed by atoms with van der Waals surface area (Å²) < 4.78 is 12.6. The molecule has 2 aromatic rings. The van der Waals surface area contributed by atoms with E-state index in [9.17, 15) is 4.79 Å². The van der Waals surface area contributed by atoms with E-state index in [1.807, 2.05) is 69.3 Å². The number of hydrazone groups is 1. The van der Waals surface area contributed by atoms with Crippen LogP contribution >= 0.6 is 15.9 Å². The Bertz CT molecular complexity index is 954. The van der Waals surface area contributed by atoms with Crippen LogP contribution < -0.4 is 14.5 Å². The van der Waals surface area contributed by atoms with Gasteiger partial charge in [0.2, 0.25) is 0 Å². The number of amides is 1. The van der Waals surface area contributed by atoms with E-state index in [0.29, 0.717) is 29.4 Å². The molecule has 0 aromatic heterocycles. The van der Waals surface area contributed by atoms with Gasteiger partial charge < -0.3 is 9.47 Å². The summed E-state index contributed by atoms with van der Waals surface area (Å²) in [6.45, 7) is 8.39. The number of carbonyl (C=O) groups excluding carboxylic acids is 1. The fraction of sp³-hybridized carbons (Fsp3) is 0.304. The molecule has 0 spiro atoms. The summed E-state index contributed by atoms with van der Waals surface area (Å²) in [6, 6.07) is 13.2. The van der Waals surface area contributed by atoms with E-state index in [0.717, 1.165) is 22.1 Å². The van der Waals surface area contributed by atoms with Gasteiger partial charge in [0.25, 0.3) is 5.91 Å². The lowest BCUT2D eigenvalue weighted by Crippen LogP contribution is -2.21. The van der Waals surface area contributed by atoms with Crippen LogP contribution in [0.5, 0.6) is 11.5 Å². The molecule has 152 valence electrons. The largest absolute Gasteiger partial charge is 0.490 e. The molecule has 0 unspecified atom stereocenters. The van der Waals surface area contributed by atoms with E-state index < -0.39 is 0 Å². The van der Waals surface area contributed by atoms with Gasteiger partial charge in [0.05, 0.1) is 29.7 Å². The zero-order valence-electron chi connectivity index (χ0n) is 17.1. The maximum absolute atomic E-state index is 13.0. The second-order valence-electron chi connectivity index (χ2n) is 6.79. The molecule has 0 fully saturated rings. The standard InChI is InChI=1S/C23H25BrN2O3/c1-5-15(3)29-22-14-20(24)17(13-21(22)28-6-2)12-19-16(4)25-26(23(19)27)18-10-8-7-9-11-18/h7-15H,5-6H2,1-4H3/b19-12+/t15-/m1/s1. The van der Waals surface area contributed by atoms with E-state index in [1.54, 1.807) is 0 Å². The minimum Gasteiger partial charge on any atom is -0.490 e. The molecule has 6 heteroatoms. The first-order chi connectivity index (χ1) is 13.9. The molecule has 1 heterocycles. The third-order valence-electron chi connectivity index (χ3n) is 4.63. The van der Waals surface area contributed by atoms with Gasteiger partial charge in [-0.25, -0.2) is 0 Å². The third kappa shape index (κ3) is 4.70. The number of ether oxygens (including phenoxy) is 2. The van der Waals surface area contributed by atoms with Gasteiger partial charge in [-0.1, -0.05) is 41.1 Å². The minimum atomic E-state index is -0.154. The van der Waals surface area contributed by atoms with Crippen molar-refractivity contribution in [1.29, 1.82) is 0 Å². The molecule has 0 radical (unpaired) electrons. The lowest BCUT2D eigenvalue weighted by molar-refractivity contribution is -0.114. The van der Waals surface area contributed by atoms with Crippen molar-refractivity contribution in [2.24, 2.45) is 5.10 Å². The quantitative estimate of drug-likeness (QED) is 0.492. The molecule has 5 nitrogen and oxygen atoms in total. The Morgan fingerprint density at radius 1 is 1.17 bits per heavy atom. The predicted octanol–water partition coefficient (Wildman–Crippen LogP) is 5.83. The average Bonchev–Trinajstić information content (AvgIpc) is 3.00. The van der Waals surface area contributed by atoms with Gasteiger partial charge in [-0.2, -0.15) is 10.1 Å². The van der Waals surface area contributed by atoms with Crippen LogP contribution in [0.4, 0.5) is 5.69 Å². The topological polar surface area (TPSA) is 51.1 Å². The first-order valence-corrected chi connectivity index (χ1v) is 10.5. The van der Waals surface area contributed by atoms with Crippen LogP contribution in [0.25, 0.3) is 6.08 Å². The summed E-state index contributed by atoms with van der Waals surface area (Å²) in [6.07, 6.45) is 2.81. The zero-order chi connectivity index (χ0) is 21.0. The van der Waals surface area contributed by atoms with Gasteiger partial charge in [0.15, 0.2) is 11.5 Å². The highest BCUT2D eigenvalue weighted by Gasteiger charge is 2.29. The fourth-order valence-electron chi connectivity index (χ4n) is 2.91. The first-order valence-electron chi connectivity index (χ1n) is 9.74. The van der Waals surface area contributed by atoms with Crippen LogP contribution in [0.1, 0.15) is 39.7 Å². The number of hydrogen-bond donors (Lipinski definition) is 0. The predicted molar refractivity (Wildman–Crippen MR) is 121 cm³/mol. The van der Waals surface area contributed by atoms with E-state index in [2.05, 4.69) is 28.0 Å². The van der Waals surface area contributed by atoms with Gasteiger partial charge in [0.1, 0.15) is 0 Å².